The fraction of sp³-hybridized carbons (Fsp3) is 0.357. The number of piperidine rings is 1. The molecular formula is C14H12ClF2N5. The molecule has 3 rings (SSSR count). The van der Waals surface area contributed by atoms with Crippen molar-refractivity contribution in [2.75, 3.05) is 18.0 Å². The summed E-state index contributed by atoms with van der Waals surface area (Å²) in [5, 5.41) is 19.5. The van der Waals surface area contributed by atoms with Crippen LogP contribution >= 0.6 is 11.6 Å². The maximum atomic E-state index is 13.3. The van der Waals surface area contributed by atoms with Crippen LogP contribution in [0.15, 0.2) is 18.2 Å². The number of halogens is 3. The topological polar surface area (TPSA) is 68.6 Å². The van der Waals surface area contributed by atoms with Gasteiger partial charge in [-0.15, -0.1) is 5.10 Å². The lowest BCUT2D eigenvalue weighted by Gasteiger charge is -2.33. The van der Waals surface area contributed by atoms with Crippen LogP contribution in [0, 0.1) is 11.3 Å². The molecule has 1 aromatic heterocycles. The zero-order chi connectivity index (χ0) is 15.7. The van der Waals surface area contributed by atoms with E-state index in [1.807, 2.05) is 11.0 Å². The minimum Gasteiger partial charge on any atom is -0.371 e. The van der Waals surface area contributed by atoms with Crippen molar-refractivity contribution in [3.8, 4) is 17.3 Å². The Hall–Kier alpha value is -2.20. The summed E-state index contributed by atoms with van der Waals surface area (Å²) in [6, 6.07) is 7.14. The van der Waals surface area contributed by atoms with Gasteiger partial charge in [-0.3, -0.25) is 0 Å². The number of aromatic nitrogens is 3. The number of rotatable bonds is 2. The van der Waals surface area contributed by atoms with Crippen LogP contribution in [0.5, 0.6) is 0 Å². The number of nitriles is 1. The van der Waals surface area contributed by atoms with E-state index >= 15 is 0 Å². The Morgan fingerprint density at radius 1 is 1.27 bits per heavy atom. The van der Waals surface area contributed by atoms with E-state index in [0.717, 1.165) is 5.69 Å². The summed E-state index contributed by atoms with van der Waals surface area (Å²) in [6.45, 7) is 0.521. The molecule has 1 fully saturated rings. The molecule has 1 saturated heterocycles. The van der Waals surface area contributed by atoms with Gasteiger partial charge >= 0.3 is 0 Å². The molecule has 2 aromatic rings. The molecule has 1 aliphatic heterocycles. The third-order valence-electron chi connectivity index (χ3n) is 3.68. The largest absolute Gasteiger partial charge is 0.371 e. The van der Waals surface area contributed by atoms with Gasteiger partial charge in [0.1, 0.15) is 11.8 Å². The van der Waals surface area contributed by atoms with Crippen LogP contribution in [0.2, 0.25) is 5.02 Å². The molecule has 0 unspecified atom stereocenters. The Morgan fingerprint density at radius 3 is 2.68 bits per heavy atom. The Labute approximate surface area is 130 Å². The molecule has 0 aliphatic carbocycles. The average molecular weight is 324 g/mol. The van der Waals surface area contributed by atoms with E-state index in [-0.39, 0.29) is 31.6 Å². The minimum absolute atomic E-state index is 0.178. The SMILES string of the molecule is N#Cc1[nH]nnc1-c1cc(Cl)cc(N2CCC(F)(F)CC2)c1. The van der Waals surface area contributed by atoms with E-state index in [9.17, 15) is 8.78 Å². The summed E-state index contributed by atoms with van der Waals surface area (Å²) < 4.78 is 26.5. The summed E-state index contributed by atoms with van der Waals surface area (Å²) >= 11 is 6.12. The third-order valence-corrected chi connectivity index (χ3v) is 3.89. The molecule has 1 N–H and O–H groups in total. The predicted octanol–water partition coefficient (Wildman–Crippen LogP) is 3.23. The lowest BCUT2D eigenvalue weighted by atomic mass is 10.0. The van der Waals surface area contributed by atoms with Crippen LogP contribution in [0.25, 0.3) is 11.3 Å². The van der Waals surface area contributed by atoms with Crippen LogP contribution in [0.4, 0.5) is 14.5 Å². The first-order valence-electron chi connectivity index (χ1n) is 6.73. The van der Waals surface area contributed by atoms with Gasteiger partial charge < -0.3 is 4.90 Å². The van der Waals surface area contributed by atoms with Crippen LogP contribution in [0.1, 0.15) is 18.5 Å². The fourth-order valence-corrected chi connectivity index (χ4v) is 2.72. The highest BCUT2D eigenvalue weighted by Gasteiger charge is 2.34. The van der Waals surface area contributed by atoms with Crippen molar-refractivity contribution in [2.24, 2.45) is 0 Å². The van der Waals surface area contributed by atoms with Crippen molar-refractivity contribution < 1.29 is 8.78 Å². The second-order valence-electron chi connectivity index (χ2n) is 5.19. The maximum Gasteiger partial charge on any atom is 0.251 e. The Morgan fingerprint density at radius 2 is 2.00 bits per heavy atom. The van der Waals surface area contributed by atoms with Crippen LogP contribution < -0.4 is 4.90 Å². The van der Waals surface area contributed by atoms with Gasteiger partial charge in [-0.05, 0) is 18.2 Å². The Kier molecular flexibility index (Phi) is 3.71. The van der Waals surface area contributed by atoms with Gasteiger partial charge in [0.05, 0.1) is 0 Å². The minimum atomic E-state index is -2.60. The molecule has 0 bridgehead atoms. The molecule has 1 aliphatic rings. The molecule has 22 heavy (non-hydrogen) atoms. The standard InChI is InChI=1S/C14H12ClF2N5/c15-10-5-9(13-12(8-18)19-21-20-13)6-11(7-10)22-3-1-14(16,17)2-4-22/h5-7H,1-4H2,(H,19,20,21). The monoisotopic (exact) mass is 323 g/mol. The predicted molar refractivity (Wildman–Crippen MR) is 77.9 cm³/mol. The second-order valence-corrected chi connectivity index (χ2v) is 5.62. The molecule has 0 atom stereocenters. The lowest BCUT2D eigenvalue weighted by molar-refractivity contribution is -0.0220. The molecule has 0 saturated carbocycles. The van der Waals surface area contributed by atoms with E-state index in [4.69, 9.17) is 16.9 Å². The molecule has 0 amide bonds. The Balaban J connectivity index is 1.93. The number of aromatic amines is 1. The van der Waals surface area contributed by atoms with E-state index < -0.39 is 5.92 Å². The van der Waals surface area contributed by atoms with Crippen molar-refractivity contribution in [1.82, 2.24) is 15.4 Å². The smallest absolute Gasteiger partial charge is 0.251 e. The first-order valence-corrected chi connectivity index (χ1v) is 7.11. The van der Waals surface area contributed by atoms with Gasteiger partial charge in [0.15, 0.2) is 5.69 Å². The Bertz CT molecular complexity index is 727. The van der Waals surface area contributed by atoms with Crippen molar-refractivity contribution in [2.45, 2.75) is 18.8 Å². The fourth-order valence-electron chi connectivity index (χ4n) is 2.49. The molecule has 2 heterocycles. The highest BCUT2D eigenvalue weighted by molar-refractivity contribution is 6.31. The van der Waals surface area contributed by atoms with Gasteiger partial charge in [0.2, 0.25) is 0 Å². The zero-order valence-corrected chi connectivity index (χ0v) is 12.2. The van der Waals surface area contributed by atoms with Crippen LogP contribution in [-0.4, -0.2) is 34.4 Å². The normalized spacial score (nSPS) is 17.3. The molecule has 114 valence electrons. The molecule has 1 aromatic carbocycles. The summed E-state index contributed by atoms with van der Waals surface area (Å²) in [4.78, 5) is 1.86. The van der Waals surface area contributed by atoms with Gasteiger partial charge in [-0.2, -0.15) is 5.26 Å². The summed E-state index contributed by atoms with van der Waals surface area (Å²) in [5.74, 6) is -2.60. The summed E-state index contributed by atoms with van der Waals surface area (Å²) in [7, 11) is 0. The summed E-state index contributed by atoms with van der Waals surface area (Å²) in [5.41, 5.74) is 2.00. The highest BCUT2D eigenvalue weighted by Crippen LogP contribution is 2.34. The molecule has 8 heteroatoms. The number of benzene rings is 1. The number of H-pyrrole nitrogens is 1. The molecule has 0 radical (unpaired) electrons. The zero-order valence-electron chi connectivity index (χ0n) is 11.5. The highest BCUT2D eigenvalue weighted by atomic mass is 35.5. The maximum absolute atomic E-state index is 13.3. The van der Waals surface area contributed by atoms with Crippen molar-refractivity contribution >= 4 is 17.3 Å². The van der Waals surface area contributed by atoms with Gasteiger partial charge in [0, 0.05) is 42.2 Å². The van der Waals surface area contributed by atoms with Gasteiger partial charge in [0.25, 0.3) is 5.92 Å². The van der Waals surface area contributed by atoms with Crippen molar-refractivity contribution in [3.05, 3.63) is 28.9 Å². The molecule has 0 spiro atoms. The van der Waals surface area contributed by atoms with E-state index in [2.05, 4.69) is 15.4 Å². The second kappa shape index (κ2) is 5.54. The third kappa shape index (κ3) is 2.88. The molecular weight excluding hydrogens is 312 g/mol. The average Bonchev–Trinajstić information content (AvgIpc) is 2.95. The van der Waals surface area contributed by atoms with E-state index in [1.165, 1.54) is 0 Å². The number of anilines is 1. The quantitative estimate of drug-likeness (QED) is 0.921. The number of hydrogen-bond acceptors (Lipinski definition) is 4. The first kappa shape index (κ1) is 14.7. The number of alkyl halides is 2. The van der Waals surface area contributed by atoms with Crippen molar-refractivity contribution in [1.29, 1.82) is 5.26 Å². The van der Waals surface area contributed by atoms with Crippen LogP contribution in [-0.2, 0) is 0 Å². The number of nitrogens with one attached hydrogen (secondary N) is 1. The molecule has 5 nitrogen and oxygen atoms in total. The first-order chi connectivity index (χ1) is 10.5. The number of hydrogen-bond donors (Lipinski definition) is 1. The van der Waals surface area contributed by atoms with Gasteiger partial charge in [-0.25, -0.2) is 13.9 Å². The van der Waals surface area contributed by atoms with E-state index in [0.29, 0.717) is 16.3 Å². The number of nitrogens with zero attached hydrogens (tertiary/aromatic N) is 4. The lowest BCUT2D eigenvalue weighted by Crippen LogP contribution is -2.39. The van der Waals surface area contributed by atoms with Crippen LogP contribution in [0.3, 0.4) is 0 Å². The van der Waals surface area contributed by atoms with Crippen molar-refractivity contribution in [3.63, 3.8) is 0 Å². The van der Waals surface area contributed by atoms with E-state index in [1.54, 1.807) is 18.2 Å². The van der Waals surface area contributed by atoms with Gasteiger partial charge in [-0.1, -0.05) is 16.8 Å². The summed E-state index contributed by atoms with van der Waals surface area (Å²) in [6.07, 6.45) is -0.357.